The van der Waals surface area contributed by atoms with Crippen LogP contribution in [0.3, 0.4) is 0 Å². The number of primary amides is 1. The van der Waals surface area contributed by atoms with Gasteiger partial charge in [-0.25, -0.2) is 5.43 Å². The molecule has 11 heteroatoms. The summed E-state index contributed by atoms with van der Waals surface area (Å²) >= 11 is 0. The van der Waals surface area contributed by atoms with E-state index in [1.54, 1.807) is 40.1 Å². The van der Waals surface area contributed by atoms with E-state index in [2.05, 4.69) is 10.2 Å². The first-order chi connectivity index (χ1) is 17.3. The van der Waals surface area contributed by atoms with Crippen LogP contribution in [0.2, 0.25) is 0 Å². The smallest absolute Gasteiger partial charge is 0.387 e. The van der Waals surface area contributed by atoms with Crippen LogP contribution < -0.4 is 30.7 Å². The second-order valence-electron chi connectivity index (χ2n) is 8.75. The van der Waals surface area contributed by atoms with Crippen LogP contribution in [-0.2, 0) is 14.4 Å². The van der Waals surface area contributed by atoms with Gasteiger partial charge in [-0.05, 0) is 61.2 Å². The third kappa shape index (κ3) is 4.26. The zero-order chi connectivity index (χ0) is 25.4. The molecule has 1 atom stereocenters. The molecule has 36 heavy (non-hydrogen) atoms. The van der Waals surface area contributed by atoms with E-state index in [9.17, 15) is 23.2 Å². The van der Waals surface area contributed by atoms with Crippen molar-refractivity contribution in [2.24, 2.45) is 5.73 Å². The van der Waals surface area contributed by atoms with Crippen molar-refractivity contribution in [3.63, 3.8) is 0 Å². The SMILES string of the molecule is NC(=O)C1NN(c2ccccc2OC(F)F)C2=C1CCN(c1ccc(N3CCCCC3=O)cc1)C2=O. The number of rotatable bonds is 6. The number of carbonyl (C=O) groups excluding carboxylic acids is 3. The molecule has 3 N–H and O–H groups in total. The molecule has 3 aliphatic rings. The molecule has 188 valence electrons. The third-order valence-corrected chi connectivity index (χ3v) is 6.59. The third-order valence-electron chi connectivity index (χ3n) is 6.59. The van der Waals surface area contributed by atoms with Crippen LogP contribution in [0.1, 0.15) is 25.7 Å². The fourth-order valence-corrected chi connectivity index (χ4v) is 4.91. The zero-order valence-electron chi connectivity index (χ0n) is 19.3. The van der Waals surface area contributed by atoms with E-state index >= 15 is 0 Å². The maximum atomic E-state index is 13.7. The highest BCUT2D eigenvalue weighted by Gasteiger charge is 2.44. The van der Waals surface area contributed by atoms with Gasteiger partial charge < -0.3 is 20.3 Å². The number of para-hydroxylation sites is 2. The van der Waals surface area contributed by atoms with E-state index in [4.69, 9.17) is 5.73 Å². The van der Waals surface area contributed by atoms with E-state index in [1.165, 1.54) is 23.2 Å². The molecule has 3 heterocycles. The number of anilines is 3. The number of nitrogens with two attached hydrogens (primary N) is 1. The number of carbonyl (C=O) groups is 3. The fraction of sp³-hybridized carbons (Fsp3) is 0.320. The Labute approximate surface area is 206 Å². The van der Waals surface area contributed by atoms with E-state index in [0.29, 0.717) is 37.2 Å². The van der Waals surface area contributed by atoms with Gasteiger partial charge in [-0.3, -0.25) is 19.4 Å². The number of hydrogen-bond acceptors (Lipinski definition) is 6. The summed E-state index contributed by atoms with van der Waals surface area (Å²) < 4.78 is 30.7. The number of piperidine rings is 1. The molecular weight excluding hydrogens is 472 g/mol. The maximum Gasteiger partial charge on any atom is 0.387 e. The lowest BCUT2D eigenvalue weighted by Crippen LogP contribution is -2.46. The lowest BCUT2D eigenvalue weighted by atomic mass is 9.98. The number of nitrogens with zero attached hydrogens (tertiary/aromatic N) is 3. The summed E-state index contributed by atoms with van der Waals surface area (Å²) in [5.74, 6) is -1.18. The summed E-state index contributed by atoms with van der Waals surface area (Å²) in [5.41, 5.74) is 10.6. The lowest BCUT2D eigenvalue weighted by Gasteiger charge is -2.32. The standard InChI is InChI=1S/C25H25F2N5O4/c26-25(27)36-19-6-2-1-5-18(19)32-22-17(21(29-32)23(28)34)12-14-31(24(22)35)16-10-8-15(9-11-16)30-13-4-3-7-20(30)33/h1-2,5-6,8-11,21,25,29H,3-4,7,12-14H2,(H2,28,34). The molecule has 1 fully saturated rings. The highest BCUT2D eigenvalue weighted by atomic mass is 19.3. The molecule has 0 aromatic heterocycles. The van der Waals surface area contributed by atoms with Gasteiger partial charge in [0.05, 0.1) is 0 Å². The first-order valence-corrected chi connectivity index (χ1v) is 11.7. The number of ether oxygens (including phenoxy) is 1. The largest absolute Gasteiger partial charge is 0.433 e. The zero-order valence-corrected chi connectivity index (χ0v) is 19.3. The number of amides is 3. The lowest BCUT2D eigenvalue weighted by molar-refractivity contribution is -0.120. The monoisotopic (exact) mass is 497 g/mol. The number of alkyl halides is 2. The van der Waals surface area contributed by atoms with E-state index in [-0.39, 0.29) is 23.0 Å². The predicted octanol–water partition coefficient (Wildman–Crippen LogP) is 2.67. The quantitative estimate of drug-likeness (QED) is 0.636. The number of hydrogen-bond donors (Lipinski definition) is 2. The second-order valence-corrected chi connectivity index (χ2v) is 8.75. The molecule has 9 nitrogen and oxygen atoms in total. The van der Waals surface area contributed by atoms with Crippen LogP contribution in [-0.4, -0.2) is 43.5 Å². The van der Waals surface area contributed by atoms with Crippen molar-refractivity contribution in [2.75, 3.05) is 27.9 Å². The van der Waals surface area contributed by atoms with E-state index in [1.807, 2.05) is 0 Å². The summed E-state index contributed by atoms with van der Waals surface area (Å²) in [7, 11) is 0. The Morgan fingerprint density at radius 1 is 0.972 bits per heavy atom. The van der Waals surface area contributed by atoms with Gasteiger partial charge in [-0.2, -0.15) is 8.78 Å². The minimum atomic E-state index is -3.07. The van der Waals surface area contributed by atoms with Gasteiger partial charge in [0.25, 0.3) is 5.91 Å². The van der Waals surface area contributed by atoms with Crippen molar-refractivity contribution in [3.05, 3.63) is 59.8 Å². The van der Waals surface area contributed by atoms with Crippen molar-refractivity contribution in [1.29, 1.82) is 0 Å². The molecule has 2 aromatic rings. The van der Waals surface area contributed by atoms with Gasteiger partial charge in [0.2, 0.25) is 11.8 Å². The second kappa shape index (κ2) is 9.57. The Morgan fingerprint density at radius 3 is 2.33 bits per heavy atom. The molecular formula is C25H25F2N5O4. The molecule has 1 unspecified atom stereocenters. The van der Waals surface area contributed by atoms with Crippen molar-refractivity contribution in [3.8, 4) is 5.75 Å². The van der Waals surface area contributed by atoms with Crippen LogP contribution in [0.25, 0.3) is 0 Å². The van der Waals surface area contributed by atoms with Crippen molar-refractivity contribution in [1.82, 2.24) is 5.43 Å². The van der Waals surface area contributed by atoms with E-state index in [0.717, 1.165) is 18.5 Å². The number of benzene rings is 2. The summed E-state index contributed by atoms with van der Waals surface area (Å²) in [6.45, 7) is -2.11. The van der Waals surface area contributed by atoms with Crippen LogP contribution in [0.4, 0.5) is 25.8 Å². The average molecular weight is 498 g/mol. The Balaban J connectivity index is 1.46. The molecule has 0 radical (unpaired) electrons. The van der Waals surface area contributed by atoms with Crippen molar-refractivity contribution >= 4 is 34.8 Å². The predicted molar refractivity (Wildman–Crippen MR) is 128 cm³/mol. The number of nitrogens with one attached hydrogen (secondary N) is 1. The molecule has 0 spiro atoms. The van der Waals surface area contributed by atoms with Crippen molar-refractivity contribution in [2.45, 2.75) is 38.3 Å². The molecule has 3 amide bonds. The Bertz CT molecular complexity index is 1230. The number of hydrazine groups is 1. The molecule has 5 rings (SSSR count). The van der Waals surface area contributed by atoms with Crippen LogP contribution in [0, 0.1) is 0 Å². The van der Waals surface area contributed by atoms with Gasteiger partial charge in [0.15, 0.2) is 5.75 Å². The number of halogens is 2. The average Bonchev–Trinajstić information content (AvgIpc) is 3.26. The minimum absolute atomic E-state index is 0.0766. The molecule has 0 saturated carbocycles. The highest BCUT2D eigenvalue weighted by molar-refractivity contribution is 6.11. The topological polar surface area (TPSA) is 108 Å². The molecule has 2 aromatic carbocycles. The van der Waals surface area contributed by atoms with Crippen LogP contribution in [0.5, 0.6) is 5.75 Å². The first-order valence-electron chi connectivity index (χ1n) is 11.7. The minimum Gasteiger partial charge on any atom is -0.433 e. The molecule has 0 aliphatic carbocycles. The molecule has 1 saturated heterocycles. The Morgan fingerprint density at radius 2 is 1.67 bits per heavy atom. The van der Waals surface area contributed by atoms with Gasteiger partial charge >= 0.3 is 6.61 Å². The summed E-state index contributed by atoms with van der Waals surface area (Å²) in [6.07, 6.45) is 2.69. The van der Waals surface area contributed by atoms with Crippen LogP contribution >= 0.6 is 0 Å². The normalized spacial score (nSPS) is 20.3. The van der Waals surface area contributed by atoms with Gasteiger partial charge in [-0.15, -0.1) is 0 Å². The molecule has 3 aliphatic heterocycles. The Kier molecular flexibility index (Phi) is 6.31. The molecule has 0 bridgehead atoms. The summed E-state index contributed by atoms with van der Waals surface area (Å²) in [4.78, 5) is 41.4. The Hall–Kier alpha value is -3.99. The maximum absolute atomic E-state index is 13.7. The van der Waals surface area contributed by atoms with Gasteiger partial charge in [0.1, 0.15) is 17.4 Å². The fourth-order valence-electron chi connectivity index (χ4n) is 4.91. The van der Waals surface area contributed by atoms with E-state index < -0.39 is 24.5 Å². The highest BCUT2D eigenvalue weighted by Crippen LogP contribution is 2.39. The summed E-state index contributed by atoms with van der Waals surface area (Å²) in [5, 5.41) is 1.30. The van der Waals surface area contributed by atoms with Crippen LogP contribution in [0.15, 0.2) is 59.8 Å². The summed E-state index contributed by atoms with van der Waals surface area (Å²) in [6, 6.07) is 12.2. The van der Waals surface area contributed by atoms with Crippen molar-refractivity contribution < 1.29 is 27.9 Å². The van der Waals surface area contributed by atoms with Gasteiger partial charge in [-0.1, -0.05) is 12.1 Å². The first kappa shape index (κ1) is 23.7. The van der Waals surface area contributed by atoms with Gasteiger partial charge in [0, 0.05) is 30.9 Å².